The highest BCUT2D eigenvalue weighted by atomic mass is 32.2. The van der Waals surface area contributed by atoms with Crippen LogP contribution in [0.15, 0.2) is 23.1 Å². The molecule has 0 atom stereocenters. The van der Waals surface area contributed by atoms with Gasteiger partial charge in [0.05, 0.1) is 23.7 Å². The van der Waals surface area contributed by atoms with Gasteiger partial charge in [-0.2, -0.15) is 0 Å². The molecule has 0 spiro atoms. The van der Waals surface area contributed by atoms with E-state index in [4.69, 9.17) is 9.88 Å². The maximum absolute atomic E-state index is 12.8. The average molecular weight is 397 g/mol. The molecule has 1 aromatic rings. The summed E-state index contributed by atoms with van der Waals surface area (Å²) in [6.07, 6.45) is 3.67. The molecule has 9 heteroatoms. The van der Waals surface area contributed by atoms with Gasteiger partial charge in [-0.3, -0.25) is 4.79 Å². The summed E-state index contributed by atoms with van der Waals surface area (Å²) in [5, 5.41) is 8.18. The maximum atomic E-state index is 12.8. The summed E-state index contributed by atoms with van der Waals surface area (Å²) in [5.41, 5.74) is 1.04. The fourth-order valence-corrected chi connectivity index (χ4v) is 4.10. The van der Waals surface area contributed by atoms with E-state index in [2.05, 4.69) is 10.2 Å². The number of nitrogens with zero attached hydrogens (tertiary/aromatic N) is 2. The fourth-order valence-electron chi connectivity index (χ4n) is 3.56. The quantitative estimate of drug-likeness (QED) is 0.721. The topological polar surface area (TPSA) is 105 Å². The first kappa shape index (κ1) is 20.1. The summed E-state index contributed by atoms with van der Waals surface area (Å²) in [4.78, 5) is 17.1. The number of benzene rings is 1. The standard InChI is InChI=1S/C18H28N4O4S/c19-27(24,25)15-4-5-17(22-10-12-26-13-11-22)16(14-15)18(23)20-6-9-21-7-2-1-3-8-21/h4-5,14H,1-3,6-13H2,(H,20,23)(H2,19,24,25). The molecule has 3 rings (SSSR count). The van der Waals surface area contributed by atoms with Crippen LogP contribution in [0.5, 0.6) is 0 Å². The molecule has 27 heavy (non-hydrogen) atoms. The number of carbonyl (C=O) groups is 1. The van der Waals surface area contributed by atoms with Crippen LogP contribution in [0.2, 0.25) is 0 Å². The van der Waals surface area contributed by atoms with Crippen molar-refractivity contribution in [3.8, 4) is 0 Å². The third-order valence-electron chi connectivity index (χ3n) is 5.06. The van der Waals surface area contributed by atoms with Crippen molar-refractivity contribution in [1.82, 2.24) is 10.2 Å². The van der Waals surface area contributed by atoms with Gasteiger partial charge in [0.1, 0.15) is 0 Å². The number of anilines is 1. The summed E-state index contributed by atoms with van der Waals surface area (Å²) in [6.45, 7) is 5.92. The lowest BCUT2D eigenvalue weighted by atomic mass is 10.1. The number of morpholine rings is 1. The zero-order valence-corrected chi connectivity index (χ0v) is 16.3. The van der Waals surface area contributed by atoms with Crippen molar-refractivity contribution in [2.24, 2.45) is 5.14 Å². The van der Waals surface area contributed by atoms with Gasteiger partial charge < -0.3 is 19.9 Å². The molecule has 0 saturated carbocycles. The molecule has 0 aliphatic carbocycles. The minimum Gasteiger partial charge on any atom is -0.378 e. The van der Waals surface area contributed by atoms with Gasteiger partial charge in [-0.1, -0.05) is 6.42 Å². The molecule has 2 aliphatic heterocycles. The molecule has 1 aromatic carbocycles. The number of hydrogen-bond acceptors (Lipinski definition) is 6. The minimum absolute atomic E-state index is 0.0549. The number of amides is 1. The molecule has 3 N–H and O–H groups in total. The Labute approximate surface area is 160 Å². The van der Waals surface area contributed by atoms with Crippen LogP contribution < -0.4 is 15.4 Å². The first-order valence-electron chi connectivity index (χ1n) is 9.45. The third kappa shape index (κ3) is 5.41. The number of carbonyl (C=O) groups excluding carboxylic acids is 1. The molecule has 0 bridgehead atoms. The highest BCUT2D eigenvalue weighted by molar-refractivity contribution is 7.89. The Morgan fingerprint density at radius 1 is 1.11 bits per heavy atom. The van der Waals surface area contributed by atoms with Crippen LogP contribution in [0.25, 0.3) is 0 Å². The maximum Gasteiger partial charge on any atom is 0.253 e. The van der Waals surface area contributed by atoms with Crippen molar-refractivity contribution in [2.75, 3.05) is 57.4 Å². The molecule has 2 saturated heterocycles. The smallest absolute Gasteiger partial charge is 0.253 e. The van der Waals surface area contributed by atoms with Crippen LogP contribution in [-0.2, 0) is 14.8 Å². The normalized spacial score (nSPS) is 19.1. The number of sulfonamides is 1. The van der Waals surface area contributed by atoms with E-state index in [0.717, 1.165) is 19.6 Å². The predicted octanol–water partition coefficient (Wildman–Crippen LogP) is 0.386. The van der Waals surface area contributed by atoms with Crippen molar-refractivity contribution < 1.29 is 17.9 Å². The van der Waals surface area contributed by atoms with Gasteiger partial charge in [-0.15, -0.1) is 0 Å². The Hall–Kier alpha value is -1.68. The van der Waals surface area contributed by atoms with Crippen LogP contribution >= 0.6 is 0 Å². The Morgan fingerprint density at radius 2 is 1.81 bits per heavy atom. The summed E-state index contributed by atoms with van der Waals surface area (Å²) in [5.74, 6) is -0.279. The van der Waals surface area contributed by atoms with Crippen molar-refractivity contribution in [2.45, 2.75) is 24.2 Å². The molecule has 2 aliphatic rings. The van der Waals surface area contributed by atoms with Gasteiger partial charge in [0.25, 0.3) is 5.91 Å². The van der Waals surface area contributed by atoms with E-state index in [9.17, 15) is 13.2 Å². The van der Waals surface area contributed by atoms with Crippen molar-refractivity contribution in [1.29, 1.82) is 0 Å². The van der Waals surface area contributed by atoms with Crippen molar-refractivity contribution in [3.05, 3.63) is 23.8 Å². The highest BCUT2D eigenvalue weighted by Gasteiger charge is 2.22. The number of ether oxygens (including phenoxy) is 1. The lowest BCUT2D eigenvalue weighted by Crippen LogP contribution is -2.40. The lowest BCUT2D eigenvalue weighted by Gasteiger charge is -2.30. The summed E-state index contributed by atoms with van der Waals surface area (Å²) >= 11 is 0. The average Bonchev–Trinajstić information content (AvgIpc) is 2.68. The van der Waals surface area contributed by atoms with E-state index < -0.39 is 10.0 Å². The number of nitrogens with two attached hydrogens (primary N) is 1. The van der Waals surface area contributed by atoms with E-state index in [1.165, 1.54) is 31.4 Å². The van der Waals surface area contributed by atoms with Gasteiger partial charge in [0.15, 0.2) is 0 Å². The SMILES string of the molecule is NS(=O)(=O)c1ccc(N2CCOCC2)c(C(=O)NCCN2CCCCC2)c1. The monoisotopic (exact) mass is 396 g/mol. The first-order valence-corrected chi connectivity index (χ1v) is 11.0. The minimum atomic E-state index is -3.88. The summed E-state index contributed by atoms with van der Waals surface area (Å²) in [7, 11) is -3.88. The Bertz CT molecular complexity index is 757. The highest BCUT2D eigenvalue weighted by Crippen LogP contribution is 2.25. The van der Waals surface area contributed by atoms with Crippen LogP contribution in [0.4, 0.5) is 5.69 Å². The van der Waals surface area contributed by atoms with E-state index in [1.54, 1.807) is 6.07 Å². The zero-order valence-electron chi connectivity index (χ0n) is 15.5. The summed E-state index contributed by atoms with van der Waals surface area (Å²) < 4.78 is 28.8. The van der Waals surface area contributed by atoms with Gasteiger partial charge in [-0.25, -0.2) is 13.6 Å². The van der Waals surface area contributed by atoms with Crippen LogP contribution in [0.1, 0.15) is 29.6 Å². The Balaban J connectivity index is 1.74. The van der Waals surface area contributed by atoms with E-state index in [0.29, 0.717) is 44.1 Å². The van der Waals surface area contributed by atoms with E-state index in [1.807, 2.05) is 4.90 Å². The molecule has 0 radical (unpaired) electrons. The Kier molecular flexibility index (Phi) is 6.69. The molecular weight excluding hydrogens is 368 g/mol. The molecular formula is C18H28N4O4S. The number of likely N-dealkylation sites (tertiary alicyclic amines) is 1. The molecule has 150 valence electrons. The zero-order chi connectivity index (χ0) is 19.3. The van der Waals surface area contributed by atoms with Crippen molar-refractivity contribution >= 4 is 21.6 Å². The van der Waals surface area contributed by atoms with Gasteiger partial charge in [-0.05, 0) is 44.1 Å². The fraction of sp³-hybridized carbons (Fsp3) is 0.611. The Morgan fingerprint density at radius 3 is 2.48 bits per heavy atom. The third-order valence-corrected chi connectivity index (χ3v) is 5.97. The summed E-state index contributed by atoms with van der Waals surface area (Å²) in [6, 6.07) is 4.48. The molecule has 2 fully saturated rings. The second-order valence-corrected chi connectivity index (χ2v) is 8.54. The van der Waals surface area contributed by atoms with Gasteiger partial charge >= 0.3 is 0 Å². The van der Waals surface area contributed by atoms with Crippen LogP contribution in [-0.4, -0.2) is 71.7 Å². The number of rotatable bonds is 6. The van der Waals surface area contributed by atoms with Crippen LogP contribution in [0, 0.1) is 0 Å². The van der Waals surface area contributed by atoms with E-state index >= 15 is 0 Å². The number of hydrogen-bond donors (Lipinski definition) is 2. The molecule has 0 unspecified atom stereocenters. The second kappa shape index (κ2) is 9.01. The first-order chi connectivity index (χ1) is 12.9. The van der Waals surface area contributed by atoms with Gasteiger partial charge in [0.2, 0.25) is 10.0 Å². The van der Waals surface area contributed by atoms with Gasteiger partial charge in [0, 0.05) is 31.9 Å². The van der Waals surface area contributed by atoms with Crippen LogP contribution in [0.3, 0.4) is 0 Å². The largest absolute Gasteiger partial charge is 0.378 e. The predicted molar refractivity (Wildman–Crippen MR) is 103 cm³/mol. The molecule has 8 nitrogen and oxygen atoms in total. The molecule has 1 amide bonds. The number of primary sulfonamides is 1. The van der Waals surface area contributed by atoms with Crippen molar-refractivity contribution in [3.63, 3.8) is 0 Å². The second-order valence-electron chi connectivity index (χ2n) is 6.98. The molecule has 0 aromatic heterocycles. The number of piperidine rings is 1. The lowest BCUT2D eigenvalue weighted by molar-refractivity contribution is 0.0945. The molecule has 2 heterocycles. The number of nitrogens with one attached hydrogen (secondary N) is 1. The van der Waals surface area contributed by atoms with E-state index in [-0.39, 0.29) is 10.8 Å².